The van der Waals surface area contributed by atoms with Crippen LogP contribution in [0.1, 0.15) is 17.8 Å². The van der Waals surface area contributed by atoms with Gasteiger partial charge in [0, 0.05) is 49.3 Å². The van der Waals surface area contributed by atoms with E-state index in [1.807, 2.05) is 23.7 Å². The molecule has 4 heterocycles. The van der Waals surface area contributed by atoms with E-state index >= 15 is 0 Å². The number of hydrogen-bond acceptors (Lipinski definition) is 6. The third-order valence-corrected chi connectivity index (χ3v) is 5.83. The van der Waals surface area contributed by atoms with Crippen LogP contribution in [0.2, 0.25) is 0 Å². The maximum atomic E-state index is 12.8. The molecule has 2 aromatic heterocycles. The lowest BCUT2D eigenvalue weighted by Crippen LogP contribution is -2.52. The van der Waals surface area contributed by atoms with Gasteiger partial charge in [0.1, 0.15) is 5.01 Å². The van der Waals surface area contributed by atoms with E-state index in [0.29, 0.717) is 6.61 Å². The van der Waals surface area contributed by atoms with Crippen molar-refractivity contribution >= 4 is 22.9 Å². The largest absolute Gasteiger partial charge is 0.378 e. The van der Waals surface area contributed by atoms with E-state index in [0.717, 1.165) is 43.2 Å². The van der Waals surface area contributed by atoms with Crippen LogP contribution in [-0.2, 0) is 16.1 Å². The maximum Gasteiger partial charge on any atom is 0.228 e. The monoisotopic (exact) mass is 358 g/mol. The fraction of sp³-hybridized carbons (Fsp3) is 0.500. The van der Waals surface area contributed by atoms with E-state index in [1.165, 1.54) is 0 Å². The summed E-state index contributed by atoms with van der Waals surface area (Å²) in [7, 11) is 0. The molecule has 3 atom stereocenters. The Morgan fingerprint density at radius 2 is 2.36 bits per heavy atom. The summed E-state index contributed by atoms with van der Waals surface area (Å²) in [5.74, 6) is 0.305. The molecule has 7 heteroatoms. The lowest BCUT2D eigenvalue weighted by molar-refractivity contribution is -0.137. The van der Waals surface area contributed by atoms with E-state index in [4.69, 9.17) is 4.74 Å². The number of likely N-dealkylation sites (tertiary alicyclic amines) is 1. The predicted octanol–water partition coefficient (Wildman–Crippen LogP) is 2.40. The van der Waals surface area contributed by atoms with Crippen LogP contribution in [-0.4, -0.2) is 46.6 Å². The van der Waals surface area contributed by atoms with Crippen molar-refractivity contribution in [3.8, 4) is 0 Å². The molecule has 4 rings (SSSR count). The van der Waals surface area contributed by atoms with Crippen molar-refractivity contribution in [3.63, 3.8) is 0 Å². The van der Waals surface area contributed by atoms with Gasteiger partial charge in [-0.25, -0.2) is 4.98 Å². The molecule has 2 aliphatic rings. The first-order chi connectivity index (χ1) is 12.3. The van der Waals surface area contributed by atoms with E-state index in [1.54, 1.807) is 23.7 Å². The lowest BCUT2D eigenvalue weighted by atomic mass is 9.79. The van der Waals surface area contributed by atoms with Crippen molar-refractivity contribution < 1.29 is 9.53 Å². The van der Waals surface area contributed by atoms with Crippen LogP contribution in [0.4, 0.5) is 5.69 Å². The molecule has 132 valence electrons. The Morgan fingerprint density at radius 3 is 3.16 bits per heavy atom. The first-order valence-electron chi connectivity index (χ1n) is 8.73. The van der Waals surface area contributed by atoms with Crippen LogP contribution < -0.4 is 5.32 Å². The zero-order chi connectivity index (χ0) is 17.1. The summed E-state index contributed by atoms with van der Waals surface area (Å²) in [6.45, 7) is 3.41. The molecule has 1 N–H and O–H groups in total. The first kappa shape index (κ1) is 16.6. The average Bonchev–Trinajstić information content (AvgIpc) is 3.15. The lowest BCUT2D eigenvalue weighted by Gasteiger charge is -2.44. The van der Waals surface area contributed by atoms with Crippen LogP contribution in [0.15, 0.2) is 36.1 Å². The fourth-order valence-corrected chi connectivity index (χ4v) is 4.51. The summed E-state index contributed by atoms with van der Waals surface area (Å²) in [4.78, 5) is 23.7. The first-order valence-corrected chi connectivity index (χ1v) is 9.61. The van der Waals surface area contributed by atoms with Gasteiger partial charge in [0.2, 0.25) is 5.91 Å². The van der Waals surface area contributed by atoms with Gasteiger partial charge < -0.3 is 10.1 Å². The molecule has 0 aromatic carbocycles. The summed E-state index contributed by atoms with van der Waals surface area (Å²) in [5, 5.41) is 6.16. The topological polar surface area (TPSA) is 67.3 Å². The SMILES string of the molecule is O=C(Nc1cccnc1)[C@@H]1CCO[C@@H]2CCN(Cc3nccs3)C[C@@H]21. The standard InChI is InChI=1S/C18H22N4O2S/c23-18(21-13-2-1-5-19-10-13)14-4-8-24-16-3-7-22(11-15(14)16)12-17-20-6-9-25-17/h1-2,5-6,9-10,14-16H,3-4,7-8,11-12H2,(H,21,23)/t14-,15-,16-/m1/s1. The van der Waals surface area contributed by atoms with Crippen LogP contribution >= 0.6 is 11.3 Å². The van der Waals surface area contributed by atoms with Gasteiger partial charge in [-0.05, 0) is 25.0 Å². The molecule has 2 aliphatic heterocycles. The van der Waals surface area contributed by atoms with Crippen molar-refractivity contribution in [1.82, 2.24) is 14.9 Å². The highest BCUT2D eigenvalue weighted by Crippen LogP contribution is 2.34. The summed E-state index contributed by atoms with van der Waals surface area (Å²) < 4.78 is 5.96. The molecule has 0 spiro atoms. The van der Waals surface area contributed by atoms with Crippen LogP contribution in [0, 0.1) is 11.8 Å². The van der Waals surface area contributed by atoms with E-state index < -0.39 is 0 Å². The summed E-state index contributed by atoms with van der Waals surface area (Å²) in [5.41, 5.74) is 0.756. The number of rotatable bonds is 4. The van der Waals surface area contributed by atoms with Crippen molar-refractivity contribution in [2.75, 3.05) is 25.0 Å². The van der Waals surface area contributed by atoms with Gasteiger partial charge in [-0.2, -0.15) is 0 Å². The van der Waals surface area contributed by atoms with Crippen molar-refractivity contribution in [2.45, 2.75) is 25.5 Å². The number of thiazole rings is 1. The summed E-state index contributed by atoms with van der Waals surface area (Å²) in [6.07, 6.45) is 7.18. The molecule has 25 heavy (non-hydrogen) atoms. The molecule has 6 nitrogen and oxygen atoms in total. The Balaban J connectivity index is 1.43. The van der Waals surface area contributed by atoms with E-state index in [9.17, 15) is 4.79 Å². The highest BCUT2D eigenvalue weighted by atomic mass is 32.1. The number of ether oxygens (including phenoxy) is 1. The highest BCUT2D eigenvalue weighted by molar-refractivity contribution is 7.09. The minimum Gasteiger partial charge on any atom is -0.378 e. The van der Waals surface area contributed by atoms with Gasteiger partial charge in [-0.15, -0.1) is 11.3 Å². The van der Waals surface area contributed by atoms with Crippen LogP contribution in [0.3, 0.4) is 0 Å². The van der Waals surface area contributed by atoms with Gasteiger partial charge in [0.15, 0.2) is 0 Å². The van der Waals surface area contributed by atoms with Crippen molar-refractivity contribution in [1.29, 1.82) is 0 Å². The molecule has 0 aliphatic carbocycles. The highest BCUT2D eigenvalue weighted by Gasteiger charge is 2.41. The second-order valence-electron chi connectivity index (χ2n) is 6.65. The van der Waals surface area contributed by atoms with Crippen molar-refractivity contribution in [2.24, 2.45) is 11.8 Å². The Bertz CT molecular complexity index is 694. The molecule has 0 radical (unpaired) electrons. The van der Waals surface area contributed by atoms with E-state index in [-0.39, 0.29) is 23.8 Å². The number of aromatic nitrogens is 2. The fourth-order valence-electron chi connectivity index (χ4n) is 3.85. The number of amides is 1. The van der Waals surface area contributed by atoms with Gasteiger partial charge >= 0.3 is 0 Å². The number of hydrogen-bond donors (Lipinski definition) is 1. The Kier molecular flexibility index (Phi) is 5.05. The second-order valence-corrected chi connectivity index (χ2v) is 7.63. The number of carbonyl (C=O) groups excluding carboxylic acids is 1. The third-order valence-electron chi connectivity index (χ3n) is 5.06. The molecule has 0 saturated carbocycles. The van der Waals surface area contributed by atoms with Gasteiger partial charge in [-0.3, -0.25) is 14.7 Å². The van der Waals surface area contributed by atoms with Gasteiger partial charge in [0.05, 0.1) is 24.5 Å². The quantitative estimate of drug-likeness (QED) is 0.909. The number of piperidine rings is 1. The van der Waals surface area contributed by atoms with Gasteiger partial charge in [-0.1, -0.05) is 0 Å². The number of fused-ring (bicyclic) bond motifs is 1. The average molecular weight is 358 g/mol. The normalized spacial score (nSPS) is 26.8. The minimum atomic E-state index is -0.0157. The number of carbonyl (C=O) groups is 1. The summed E-state index contributed by atoms with van der Waals surface area (Å²) >= 11 is 1.68. The number of nitrogens with zero attached hydrogens (tertiary/aromatic N) is 3. The van der Waals surface area contributed by atoms with Crippen LogP contribution in [0.25, 0.3) is 0 Å². The van der Waals surface area contributed by atoms with E-state index in [2.05, 4.69) is 20.2 Å². The smallest absolute Gasteiger partial charge is 0.228 e. The Labute approximate surface area is 151 Å². The number of anilines is 1. The zero-order valence-corrected chi connectivity index (χ0v) is 14.8. The van der Waals surface area contributed by atoms with Crippen LogP contribution in [0.5, 0.6) is 0 Å². The molecule has 2 aromatic rings. The second kappa shape index (κ2) is 7.59. The summed E-state index contributed by atoms with van der Waals surface area (Å²) in [6, 6.07) is 3.70. The van der Waals surface area contributed by atoms with Gasteiger partial charge in [0.25, 0.3) is 0 Å². The number of nitrogens with one attached hydrogen (secondary N) is 1. The molecule has 2 fully saturated rings. The molecular weight excluding hydrogens is 336 g/mol. The molecule has 2 saturated heterocycles. The van der Waals surface area contributed by atoms with Crippen molar-refractivity contribution in [3.05, 3.63) is 41.1 Å². The molecule has 1 amide bonds. The Hall–Kier alpha value is -1.83. The molecule has 0 unspecified atom stereocenters. The third kappa shape index (κ3) is 3.89. The predicted molar refractivity (Wildman–Crippen MR) is 96.2 cm³/mol. The minimum absolute atomic E-state index is 0.0157. The number of pyridine rings is 1. The zero-order valence-electron chi connectivity index (χ0n) is 14.0. The maximum absolute atomic E-state index is 12.8. The molecule has 0 bridgehead atoms. The molecular formula is C18H22N4O2S. The Morgan fingerprint density at radius 1 is 1.40 bits per heavy atom.